The van der Waals surface area contributed by atoms with Crippen LogP contribution in [0.4, 0.5) is 11.8 Å². The molecule has 21 nitrogen and oxygen atoms in total. The van der Waals surface area contributed by atoms with Crippen molar-refractivity contribution < 1.29 is 48.4 Å². The summed E-state index contributed by atoms with van der Waals surface area (Å²) in [6.45, 7) is -1.74. The van der Waals surface area contributed by atoms with E-state index in [2.05, 4.69) is 29.9 Å². The van der Waals surface area contributed by atoms with Gasteiger partial charge in [-0.25, -0.2) is 24.5 Å². The number of nitrogens with one attached hydrogen (secondary N) is 1. The van der Waals surface area contributed by atoms with Gasteiger partial charge in [-0.2, -0.15) is 4.98 Å². The Labute approximate surface area is 239 Å². The fourth-order valence-electron chi connectivity index (χ4n) is 5.07. The predicted molar refractivity (Wildman–Crippen MR) is 141 cm³/mol. The van der Waals surface area contributed by atoms with Gasteiger partial charge < -0.3 is 46.3 Å². The zero-order chi connectivity index (χ0) is 30.7. The molecule has 22 heteroatoms. The van der Waals surface area contributed by atoms with E-state index in [0.717, 1.165) is 6.33 Å². The first kappa shape index (κ1) is 29.4. The number of nitrogens with two attached hydrogens (primary N) is 2. The maximum atomic E-state index is 13.1. The lowest BCUT2D eigenvalue weighted by molar-refractivity contribution is -0.0798. The average molecular weight is 626 g/mol. The molecular weight excluding hydrogens is 599 g/mol. The highest BCUT2D eigenvalue weighted by atomic mass is 31.2. The number of imidazole rings is 2. The number of phosphoric acid groups is 1. The minimum absolute atomic E-state index is 0.0663. The Morgan fingerprint density at radius 2 is 1.81 bits per heavy atom. The van der Waals surface area contributed by atoms with Crippen molar-refractivity contribution >= 4 is 41.9 Å². The van der Waals surface area contributed by atoms with Gasteiger partial charge in [-0.15, -0.1) is 0 Å². The lowest BCUT2D eigenvalue weighted by atomic mass is 9.95. The largest absolute Gasteiger partial charge is 0.472 e. The Hall–Kier alpha value is -3.63. The number of ether oxygens (including phenoxy) is 2. The van der Waals surface area contributed by atoms with Crippen LogP contribution in [-0.4, -0.2) is 114 Å². The Bertz CT molecular complexity index is 1760. The molecule has 2 aliphatic rings. The van der Waals surface area contributed by atoms with E-state index in [4.69, 9.17) is 30.0 Å². The minimum atomic E-state index is -5.09. The van der Waals surface area contributed by atoms with Gasteiger partial charge >= 0.3 is 7.82 Å². The van der Waals surface area contributed by atoms with E-state index in [-0.39, 0.29) is 40.5 Å². The van der Waals surface area contributed by atoms with E-state index < -0.39 is 75.7 Å². The van der Waals surface area contributed by atoms with Gasteiger partial charge in [-0.1, -0.05) is 0 Å². The van der Waals surface area contributed by atoms with Gasteiger partial charge in [0.2, 0.25) is 5.95 Å². The highest BCUT2D eigenvalue weighted by Crippen LogP contribution is 2.51. The number of rotatable bonds is 9. The van der Waals surface area contributed by atoms with E-state index in [1.165, 1.54) is 21.8 Å². The molecule has 0 spiro atoms. The molecule has 4 aromatic rings. The fraction of sp³-hybridized carbons (Fsp3) is 0.524. The molecule has 6 heterocycles. The number of anilines is 2. The van der Waals surface area contributed by atoms with Crippen LogP contribution in [0.25, 0.3) is 22.3 Å². The second kappa shape index (κ2) is 10.8. The topological polar surface area (TPSA) is 314 Å². The second-order valence-corrected chi connectivity index (χ2v) is 11.4. The molecule has 10 N–H and O–H groups in total. The first-order valence-electron chi connectivity index (χ1n) is 12.7. The molecule has 0 amide bonds. The molecule has 43 heavy (non-hydrogen) atoms. The summed E-state index contributed by atoms with van der Waals surface area (Å²) in [6.07, 6.45) is -5.42. The summed E-state index contributed by atoms with van der Waals surface area (Å²) in [5.74, 6) is -0.160. The van der Waals surface area contributed by atoms with Crippen molar-refractivity contribution in [3.05, 3.63) is 29.3 Å². The Morgan fingerprint density at radius 3 is 2.56 bits per heavy atom. The van der Waals surface area contributed by atoms with Crippen molar-refractivity contribution in [2.45, 2.75) is 48.9 Å². The normalized spacial score (nSPS) is 30.8. The fourth-order valence-corrected chi connectivity index (χ4v) is 6.06. The van der Waals surface area contributed by atoms with Crippen molar-refractivity contribution in [3.8, 4) is 0 Å². The van der Waals surface area contributed by atoms with E-state index in [0.29, 0.717) is 0 Å². The number of nitrogen functional groups attached to an aromatic ring is 2. The monoisotopic (exact) mass is 626 g/mol. The quantitative estimate of drug-likeness (QED) is 0.0852. The maximum absolute atomic E-state index is 13.1. The molecule has 0 radical (unpaired) electrons. The number of hydrogen-bond donors (Lipinski definition) is 8. The van der Waals surface area contributed by atoms with Crippen molar-refractivity contribution in [1.29, 1.82) is 0 Å². The molecule has 0 bridgehead atoms. The maximum Gasteiger partial charge on any atom is 0.472 e. The zero-order valence-electron chi connectivity index (χ0n) is 21.9. The number of H-pyrrole nitrogens is 1. The van der Waals surface area contributed by atoms with Crippen molar-refractivity contribution in [2.24, 2.45) is 0 Å². The molecule has 6 rings (SSSR count). The molecule has 2 fully saturated rings. The summed E-state index contributed by atoms with van der Waals surface area (Å²) in [6, 6.07) is 0. The van der Waals surface area contributed by atoms with Crippen LogP contribution in [-0.2, 0) is 23.1 Å². The van der Waals surface area contributed by atoms with Gasteiger partial charge in [-0.3, -0.25) is 28.0 Å². The van der Waals surface area contributed by atoms with Crippen LogP contribution < -0.4 is 17.0 Å². The molecule has 0 aromatic carbocycles. The van der Waals surface area contributed by atoms with Crippen LogP contribution in [0.3, 0.4) is 0 Å². The van der Waals surface area contributed by atoms with Gasteiger partial charge in [0, 0.05) is 13.0 Å². The summed E-state index contributed by atoms with van der Waals surface area (Å²) in [7, 11) is -5.09. The average Bonchev–Trinajstić information content (AvgIpc) is 3.70. The lowest BCUT2D eigenvalue weighted by Gasteiger charge is -2.31. The molecule has 232 valence electrons. The first-order valence-corrected chi connectivity index (χ1v) is 14.2. The highest BCUT2D eigenvalue weighted by molar-refractivity contribution is 7.47. The van der Waals surface area contributed by atoms with Crippen LogP contribution in [0.15, 0.2) is 23.8 Å². The summed E-state index contributed by atoms with van der Waals surface area (Å²) in [5, 5.41) is 42.0. The zero-order valence-corrected chi connectivity index (χ0v) is 22.8. The van der Waals surface area contributed by atoms with Gasteiger partial charge in [0.15, 0.2) is 35.1 Å². The Balaban J connectivity index is 1.21. The second-order valence-electron chi connectivity index (χ2n) is 9.97. The van der Waals surface area contributed by atoms with Crippen molar-refractivity contribution in [2.75, 3.05) is 31.3 Å². The van der Waals surface area contributed by atoms with Crippen LogP contribution in [0.1, 0.15) is 18.9 Å². The molecule has 0 aliphatic carbocycles. The molecule has 2 aliphatic heterocycles. The molecule has 4 aromatic heterocycles. The molecule has 8 atom stereocenters. The lowest BCUT2D eigenvalue weighted by Crippen LogP contribution is -2.45. The van der Waals surface area contributed by atoms with Crippen molar-refractivity contribution in [3.63, 3.8) is 0 Å². The molecule has 2 saturated heterocycles. The summed E-state index contributed by atoms with van der Waals surface area (Å²) in [5.41, 5.74) is 9.04. The number of aromatic nitrogens is 8. The molecule has 0 saturated carbocycles. The van der Waals surface area contributed by atoms with Crippen molar-refractivity contribution in [1.82, 2.24) is 39.0 Å². The van der Waals surface area contributed by atoms with E-state index >= 15 is 0 Å². The number of phosphoric ester groups is 1. The number of aliphatic hydroxyl groups excluding tert-OH is 3. The number of hydrogen-bond acceptors (Lipinski definition) is 17. The number of fused-ring (bicyclic) bond motifs is 2. The van der Waals surface area contributed by atoms with Gasteiger partial charge in [0.25, 0.3) is 5.56 Å². The third kappa shape index (κ3) is 5.14. The standard InChI is InChI=1S/C21H27N10O11P/c22-14-9-15(25-5-24-14)30(6-26-9)18-12(34)11(33)8(41-18)3-40-43(37,38)42-13-19(39-4-21(13,36)1-2-32)31-7-27-10-16(31)28-20(23)29-17(10)35/h5-8,11-13,18-19,32-34,36H,1-4H2,(H,37,38)(H2,22,24,25)(H3,23,28,29,35)/t8-,11-,12-,13+,18-,19-,21-/m1/s1. The third-order valence-corrected chi connectivity index (χ3v) is 8.18. The van der Waals surface area contributed by atoms with E-state index in [1.807, 2.05) is 0 Å². The van der Waals surface area contributed by atoms with Crippen LogP contribution in [0.2, 0.25) is 0 Å². The SMILES string of the molecule is Nc1nc2c(ncn2[C@@H]2OC[C@](O)(CCO)[C@H]2OP(=O)(O)OC[C@H]2O[C@@H](n3cnc4c(N)ncnc43)[C@H](O)[C@@H]2O)c(=O)[nH]1. The van der Waals surface area contributed by atoms with Gasteiger partial charge in [0.05, 0.1) is 25.9 Å². The summed E-state index contributed by atoms with van der Waals surface area (Å²) >= 11 is 0. The van der Waals surface area contributed by atoms with Gasteiger partial charge in [-0.05, 0) is 0 Å². The smallest absolute Gasteiger partial charge is 0.396 e. The summed E-state index contributed by atoms with van der Waals surface area (Å²) < 4.78 is 37.5. The van der Waals surface area contributed by atoms with E-state index in [9.17, 15) is 34.7 Å². The highest BCUT2D eigenvalue weighted by Gasteiger charge is 2.54. The first-order chi connectivity index (χ1) is 20.4. The Kier molecular flexibility index (Phi) is 7.41. The molecular formula is C21H27N10O11P. The third-order valence-electron chi connectivity index (χ3n) is 7.21. The number of nitrogens with zero attached hydrogens (tertiary/aromatic N) is 7. The van der Waals surface area contributed by atoms with Crippen LogP contribution in [0, 0.1) is 0 Å². The number of aliphatic hydroxyl groups is 4. The Morgan fingerprint density at radius 1 is 1.09 bits per heavy atom. The van der Waals surface area contributed by atoms with Crippen LogP contribution >= 0.6 is 7.82 Å². The van der Waals surface area contributed by atoms with Crippen LogP contribution in [0.5, 0.6) is 0 Å². The summed E-state index contributed by atoms with van der Waals surface area (Å²) in [4.78, 5) is 45.1. The van der Waals surface area contributed by atoms with E-state index in [1.54, 1.807) is 0 Å². The molecule has 1 unspecified atom stereocenters. The van der Waals surface area contributed by atoms with Gasteiger partial charge in [0.1, 0.15) is 41.9 Å². The number of aromatic amines is 1. The predicted octanol–water partition coefficient (Wildman–Crippen LogP) is -3.11. The minimum Gasteiger partial charge on any atom is -0.396 e.